The van der Waals surface area contributed by atoms with Crippen molar-refractivity contribution >= 4 is 87.2 Å². The minimum atomic E-state index is -0.765. The third-order valence-corrected chi connectivity index (χ3v) is 17.7. The number of nitrogens with zero attached hydrogens (tertiary/aromatic N) is 3. The molecule has 0 bridgehead atoms. The molecule has 2 aliphatic rings. The van der Waals surface area contributed by atoms with E-state index < -0.39 is 5.41 Å². The van der Waals surface area contributed by atoms with Crippen LogP contribution in [0, 0.1) is 0 Å². The van der Waals surface area contributed by atoms with Gasteiger partial charge in [-0.25, -0.2) is 0 Å². The molecule has 2 aliphatic carbocycles. The second kappa shape index (κ2) is 17.6. The van der Waals surface area contributed by atoms with Gasteiger partial charge in [0.1, 0.15) is 0 Å². The summed E-state index contributed by atoms with van der Waals surface area (Å²) in [7, 11) is 0. The summed E-state index contributed by atoms with van der Waals surface area (Å²) in [6.45, 7) is 0. The number of para-hydroxylation sites is 2. The van der Waals surface area contributed by atoms with Crippen LogP contribution in [0.1, 0.15) is 22.3 Å². The first-order chi connectivity index (χ1) is 38.7. The van der Waals surface area contributed by atoms with Crippen molar-refractivity contribution in [2.75, 3.05) is 9.80 Å². The predicted molar refractivity (Wildman–Crippen MR) is 329 cm³/mol. The van der Waals surface area contributed by atoms with E-state index in [0.717, 1.165) is 34.1 Å². The summed E-state index contributed by atoms with van der Waals surface area (Å²) in [5.41, 5.74) is 20.7. The van der Waals surface area contributed by atoms with Gasteiger partial charge in [0.25, 0.3) is 0 Å². The molecule has 2 aromatic heterocycles. The number of benzene rings is 12. The molecule has 0 saturated heterocycles. The zero-order valence-corrected chi connectivity index (χ0v) is 43.2. The molecule has 0 radical (unpaired) electrons. The molecule has 16 rings (SSSR count). The molecule has 78 heavy (non-hydrogen) atoms. The largest absolute Gasteiger partial charge is 0.310 e. The Morgan fingerprint density at radius 1 is 0.333 bits per heavy atom. The number of rotatable bonds is 8. The molecule has 14 aromatic rings. The Labute approximate surface area is 456 Å². The smallest absolute Gasteiger partial charge is 0.0729 e. The van der Waals surface area contributed by atoms with Crippen molar-refractivity contribution in [1.82, 2.24) is 4.98 Å². The van der Waals surface area contributed by atoms with Gasteiger partial charge in [0.15, 0.2) is 0 Å². The van der Waals surface area contributed by atoms with Crippen LogP contribution in [-0.2, 0) is 5.41 Å². The van der Waals surface area contributed by atoms with E-state index in [9.17, 15) is 0 Å². The van der Waals surface area contributed by atoms with E-state index in [1.54, 1.807) is 0 Å². The lowest BCUT2D eigenvalue weighted by Crippen LogP contribution is -2.27. The van der Waals surface area contributed by atoms with Crippen molar-refractivity contribution in [3.8, 4) is 44.5 Å². The van der Waals surface area contributed by atoms with Gasteiger partial charge in [-0.2, -0.15) is 0 Å². The lowest BCUT2D eigenvalue weighted by Gasteiger charge is -2.34. The Morgan fingerprint density at radius 3 is 1.46 bits per heavy atom. The van der Waals surface area contributed by atoms with E-state index in [4.69, 9.17) is 4.98 Å². The van der Waals surface area contributed by atoms with Crippen molar-refractivity contribution in [3.63, 3.8) is 0 Å². The lowest BCUT2D eigenvalue weighted by atomic mass is 9.70. The first-order valence-corrected chi connectivity index (χ1v) is 27.6. The highest BCUT2D eigenvalue weighted by Gasteiger charge is 2.54. The zero-order chi connectivity index (χ0) is 51.3. The summed E-state index contributed by atoms with van der Waals surface area (Å²) < 4.78 is 2.54. The molecule has 0 aliphatic heterocycles. The molecule has 0 amide bonds. The van der Waals surface area contributed by atoms with E-state index >= 15 is 0 Å². The molecule has 2 heterocycles. The summed E-state index contributed by atoms with van der Waals surface area (Å²) in [6.07, 6.45) is 4.14. The molecule has 1 spiro atoms. The van der Waals surface area contributed by atoms with Gasteiger partial charge < -0.3 is 9.80 Å². The third-order valence-electron chi connectivity index (χ3n) is 16.5. The van der Waals surface area contributed by atoms with Gasteiger partial charge in [0, 0.05) is 71.8 Å². The lowest BCUT2D eigenvalue weighted by molar-refractivity contribution is 0.794. The summed E-state index contributed by atoms with van der Waals surface area (Å²) in [5, 5.41) is 7.34. The summed E-state index contributed by atoms with van der Waals surface area (Å²) in [4.78, 5) is 9.94. The number of pyridine rings is 1. The van der Waals surface area contributed by atoms with Crippen LogP contribution in [-0.4, -0.2) is 4.98 Å². The SMILES string of the molecule is c1ccc(-c2ccc(N(c3ccccc3)c3cc4c(c5ccccc35)-c3c(cc(N(c5ccccc5)c5ccc(-c6ccccc6)cc5)c5c3sc3ccccc35)C43c4ccncc4-c4c3ccc3ccccc43)cc2)cc1. The molecule has 0 saturated carbocycles. The third kappa shape index (κ3) is 6.54. The van der Waals surface area contributed by atoms with Crippen LogP contribution < -0.4 is 9.80 Å². The fraction of sp³-hybridized carbons (Fsp3) is 0.0135. The van der Waals surface area contributed by atoms with Crippen molar-refractivity contribution in [1.29, 1.82) is 0 Å². The number of anilines is 6. The van der Waals surface area contributed by atoms with Gasteiger partial charge in [0.2, 0.25) is 0 Å². The van der Waals surface area contributed by atoms with Gasteiger partial charge in [-0.15, -0.1) is 11.3 Å². The molecule has 3 nitrogen and oxygen atoms in total. The van der Waals surface area contributed by atoms with Crippen molar-refractivity contribution in [2.24, 2.45) is 0 Å². The molecule has 0 fully saturated rings. The molecule has 4 heteroatoms. The second-order valence-corrected chi connectivity index (χ2v) is 21.6. The molecule has 364 valence electrons. The topological polar surface area (TPSA) is 19.4 Å². The highest BCUT2D eigenvalue weighted by Crippen LogP contribution is 2.68. The zero-order valence-electron chi connectivity index (χ0n) is 42.4. The van der Waals surface area contributed by atoms with Crippen LogP contribution in [0.4, 0.5) is 34.1 Å². The standard InChI is InChI=1S/C74H47N3S/c1-5-19-48(20-6-1)50-33-38-55(39-34-50)76(53-24-9-3-10-25-53)66-45-64-70(59-30-16-15-29-58(59)66)72-65(74(64)62-43-44-75-47-61(62)69-57-28-14-13-23-52(57)37-42-63(69)74)46-67(71-60-31-17-18-32-68(60)78-73(71)72)77(54-26-11-4-12-27-54)56-40-35-51(36-41-56)49-21-7-2-8-22-49/h1-47H. The van der Waals surface area contributed by atoms with E-state index in [1.807, 2.05) is 17.5 Å². The van der Waals surface area contributed by atoms with Crippen LogP contribution in [0.3, 0.4) is 0 Å². The quantitative estimate of drug-likeness (QED) is 0.151. The monoisotopic (exact) mass is 1010 g/mol. The summed E-state index contributed by atoms with van der Waals surface area (Å²) >= 11 is 1.92. The Bertz CT molecular complexity index is 4650. The maximum absolute atomic E-state index is 4.95. The van der Waals surface area contributed by atoms with Crippen molar-refractivity contribution in [3.05, 3.63) is 308 Å². The predicted octanol–water partition coefficient (Wildman–Crippen LogP) is 20.4. The average molecular weight is 1010 g/mol. The number of hydrogen-bond acceptors (Lipinski definition) is 4. The molecule has 12 aromatic carbocycles. The van der Waals surface area contributed by atoms with Gasteiger partial charge in [-0.3, -0.25) is 4.98 Å². The van der Waals surface area contributed by atoms with Crippen LogP contribution in [0.5, 0.6) is 0 Å². The van der Waals surface area contributed by atoms with E-state index in [2.05, 4.69) is 289 Å². The van der Waals surface area contributed by atoms with E-state index in [-0.39, 0.29) is 0 Å². The Hall–Kier alpha value is -9.87. The Kier molecular flexibility index (Phi) is 10.0. The average Bonchev–Trinajstić information content (AvgIpc) is 3.05. The minimum absolute atomic E-state index is 0.765. The van der Waals surface area contributed by atoms with Crippen LogP contribution >= 0.6 is 11.3 Å². The van der Waals surface area contributed by atoms with Crippen LogP contribution in [0.2, 0.25) is 0 Å². The van der Waals surface area contributed by atoms with Crippen LogP contribution in [0.25, 0.3) is 86.2 Å². The Morgan fingerprint density at radius 2 is 0.821 bits per heavy atom. The number of fused-ring (bicyclic) bond motifs is 18. The number of thiophene rings is 1. The van der Waals surface area contributed by atoms with Crippen LogP contribution in [0.15, 0.2) is 285 Å². The fourth-order valence-electron chi connectivity index (χ4n) is 13.2. The normalized spacial score (nSPS) is 13.9. The van der Waals surface area contributed by atoms with Crippen molar-refractivity contribution < 1.29 is 0 Å². The molecule has 1 atom stereocenters. The first-order valence-electron chi connectivity index (χ1n) is 26.8. The Balaban J connectivity index is 1.05. The molecular formula is C74H47N3S. The van der Waals surface area contributed by atoms with Gasteiger partial charge in [-0.1, -0.05) is 200 Å². The number of hydrogen-bond donors (Lipinski definition) is 0. The van der Waals surface area contributed by atoms with Gasteiger partial charge in [0.05, 0.1) is 16.8 Å². The van der Waals surface area contributed by atoms with Gasteiger partial charge in [-0.05, 0) is 145 Å². The maximum Gasteiger partial charge on any atom is 0.0729 e. The van der Waals surface area contributed by atoms with E-state index in [0.29, 0.717) is 0 Å². The molecule has 1 unspecified atom stereocenters. The maximum atomic E-state index is 4.95. The molecule has 0 N–H and O–H groups in total. The van der Waals surface area contributed by atoms with E-state index in [1.165, 1.54) is 108 Å². The first kappa shape index (κ1) is 44.4. The number of aromatic nitrogens is 1. The highest BCUT2D eigenvalue weighted by molar-refractivity contribution is 7.26. The second-order valence-electron chi connectivity index (χ2n) is 20.5. The highest BCUT2D eigenvalue weighted by atomic mass is 32.1. The summed E-state index contributed by atoms with van der Waals surface area (Å²) in [5.74, 6) is 0. The summed E-state index contributed by atoms with van der Waals surface area (Å²) in [6, 6.07) is 101. The fourth-order valence-corrected chi connectivity index (χ4v) is 14.5. The minimum Gasteiger partial charge on any atom is -0.310 e. The van der Waals surface area contributed by atoms with Crippen molar-refractivity contribution in [2.45, 2.75) is 5.41 Å². The van der Waals surface area contributed by atoms with Gasteiger partial charge >= 0.3 is 0 Å². The molecular weight excluding hydrogens is 963 g/mol.